The highest BCUT2D eigenvalue weighted by molar-refractivity contribution is 7.99. The fourth-order valence-corrected chi connectivity index (χ4v) is 5.04. The summed E-state index contributed by atoms with van der Waals surface area (Å²) in [5.74, 6) is 1.80. The number of aromatic nitrogens is 5. The summed E-state index contributed by atoms with van der Waals surface area (Å²) in [6.45, 7) is 1.59. The van der Waals surface area contributed by atoms with Crippen molar-refractivity contribution < 1.29 is 9.47 Å². The zero-order chi connectivity index (χ0) is 20.5. The van der Waals surface area contributed by atoms with E-state index in [4.69, 9.17) is 25.9 Å². The van der Waals surface area contributed by atoms with E-state index in [0.29, 0.717) is 23.6 Å². The summed E-state index contributed by atoms with van der Waals surface area (Å²) in [5, 5.41) is 3.64. The summed E-state index contributed by atoms with van der Waals surface area (Å²) in [7, 11) is 0. The Hall–Kier alpha value is -2.89. The lowest BCUT2D eigenvalue weighted by Crippen LogP contribution is -2.05. The first kappa shape index (κ1) is 19.1. The molecule has 4 aromatic rings. The Kier molecular flexibility index (Phi) is 5.15. The van der Waals surface area contributed by atoms with Crippen molar-refractivity contribution >= 4 is 40.1 Å². The van der Waals surface area contributed by atoms with Gasteiger partial charge in [-0.2, -0.15) is 0 Å². The number of rotatable bonds is 7. The summed E-state index contributed by atoms with van der Waals surface area (Å²) in [4.78, 5) is 18.7. The minimum atomic E-state index is 0.213. The molecule has 0 saturated carbocycles. The van der Waals surface area contributed by atoms with E-state index in [9.17, 15) is 0 Å². The van der Waals surface area contributed by atoms with Crippen molar-refractivity contribution in [2.24, 2.45) is 5.73 Å². The molecule has 11 heteroatoms. The molecule has 0 amide bonds. The van der Waals surface area contributed by atoms with Crippen LogP contribution in [0, 0.1) is 0 Å². The molecule has 0 fully saturated rings. The van der Waals surface area contributed by atoms with E-state index >= 15 is 0 Å². The van der Waals surface area contributed by atoms with Crippen LogP contribution in [0.1, 0.15) is 12.8 Å². The lowest BCUT2D eigenvalue weighted by atomic mass is 10.2. The molecule has 0 atom stereocenters. The Labute approximate surface area is 180 Å². The molecule has 0 radical (unpaired) electrons. The summed E-state index contributed by atoms with van der Waals surface area (Å²) >= 11 is 3.10. The van der Waals surface area contributed by atoms with E-state index in [-0.39, 0.29) is 6.79 Å². The number of benzene rings is 1. The number of hydrogen-bond acceptors (Lipinski definition) is 10. The van der Waals surface area contributed by atoms with Gasteiger partial charge in [-0.3, -0.25) is 0 Å². The minimum absolute atomic E-state index is 0.213. The molecule has 1 aliphatic heterocycles. The maximum Gasteiger partial charge on any atom is 0.231 e. The summed E-state index contributed by atoms with van der Waals surface area (Å²) in [6, 6.07) is 3.95. The average Bonchev–Trinajstić information content (AvgIpc) is 3.48. The first-order valence-electron chi connectivity index (χ1n) is 9.42. The summed E-state index contributed by atoms with van der Waals surface area (Å²) < 4.78 is 13.2. The summed E-state index contributed by atoms with van der Waals surface area (Å²) in [6.07, 6.45) is 5.09. The molecule has 0 saturated heterocycles. The van der Waals surface area contributed by atoms with Gasteiger partial charge in [-0.1, -0.05) is 11.8 Å². The molecule has 4 heterocycles. The average molecular weight is 442 g/mol. The van der Waals surface area contributed by atoms with E-state index in [0.717, 1.165) is 51.4 Å². The van der Waals surface area contributed by atoms with Gasteiger partial charge in [0, 0.05) is 28.6 Å². The lowest BCUT2D eigenvalue weighted by Gasteiger charge is -2.11. The fraction of sp³-hybridized carbons (Fsp3) is 0.263. The van der Waals surface area contributed by atoms with Gasteiger partial charge >= 0.3 is 0 Å². The highest BCUT2D eigenvalue weighted by atomic mass is 32.2. The molecule has 154 valence electrons. The zero-order valence-electron chi connectivity index (χ0n) is 15.9. The number of nitrogens with two attached hydrogens (primary N) is 2. The molecule has 0 spiro atoms. The monoisotopic (exact) mass is 441 g/mol. The molecular formula is C19H19N7O2S2. The van der Waals surface area contributed by atoms with Gasteiger partial charge in [0.1, 0.15) is 11.3 Å². The first-order valence-corrected chi connectivity index (χ1v) is 11.1. The van der Waals surface area contributed by atoms with Crippen LogP contribution < -0.4 is 20.9 Å². The van der Waals surface area contributed by atoms with Gasteiger partial charge in [-0.15, -0.1) is 11.3 Å². The Bertz CT molecular complexity index is 1190. The number of fused-ring (bicyclic) bond motifs is 2. The van der Waals surface area contributed by atoms with Crippen LogP contribution in [-0.4, -0.2) is 37.8 Å². The number of imidazole rings is 1. The van der Waals surface area contributed by atoms with Crippen LogP contribution in [-0.2, 0) is 6.54 Å². The third-order valence-corrected chi connectivity index (χ3v) is 6.56. The van der Waals surface area contributed by atoms with Crippen molar-refractivity contribution in [2.45, 2.75) is 29.4 Å². The Balaban J connectivity index is 1.60. The highest BCUT2D eigenvalue weighted by Gasteiger charge is 2.22. The maximum absolute atomic E-state index is 6.07. The van der Waals surface area contributed by atoms with Gasteiger partial charge in [0.05, 0.1) is 0 Å². The van der Waals surface area contributed by atoms with Gasteiger partial charge in [-0.25, -0.2) is 19.9 Å². The molecule has 4 N–H and O–H groups in total. The quantitative estimate of drug-likeness (QED) is 0.416. The zero-order valence-corrected chi connectivity index (χ0v) is 17.6. The minimum Gasteiger partial charge on any atom is -0.454 e. The van der Waals surface area contributed by atoms with E-state index in [2.05, 4.69) is 19.5 Å². The second-order valence-corrected chi connectivity index (χ2v) is 8.52. The van der Waals surface area contributed by atoms with Crippen LogP contribution in [0.3, 0.4) is 0 Å². The molecule has 5 rings (SSSR count). The van der Waals surface area contributed by atoms with Crippen molar-refractivity contribution in [2.75, 3.05) is 19.1 Å². The number of thiazole rings is 1. The molecule has 1 aliphatic rings. The number of hydrogen-bond donors (Lipinski definition) is 2. The van der Waals surface area contributed by atoms with E-state index in [1.165, 1.54) is 18.1 Å². The molecule has 30 heavy (non-hydrogen) atoms. The highest BCUT2D eigenvalue weighted by Crippen LogP contribution is 2.45. The Morgan fingerprint density at radius 3 is 2.80 bits per heavy atom. The van der Waals surface area contributed by atoms with Crippen molar-refractivity contribution in [1.29, 1.82) is 0 Å². The fourth-order valence-electron chi connectivity index (χ4n) is 3.26. The number of aryl methyl sites for hydroxylation is 1. The van der Waals surface area contributed by atoms with E-state index in [1.54, 1.807) is 17.5 Å². The number of anilines is 1. The number of nitrogens with zero attached hydrogens (tertiary/aromatic N) is 5. The van der Waals surface area contributed by atoms with Crippen LogP contribution in [0.4, 0.5) is 5.82 Å². The van der Waals surface area contributed by atoms with E-state index < -0.39 is 0 Å². The van der Waals surface area contributed by atoms with Gasteiger partial charge in [-0.05, 0) is 31.5 Å². The van der Waals surface area contributed by atoms with Crippen LogP contribution in [0.5, 0.6) is 11.5 Å². The van der Waals surface area contributed by atoms with Crippen molar-refractivity contribution in [3.63, 3.8) is 0 Å². The number of nitrogen functional groups attached to an aromatic ring is 1. The molecular weight excluding hydrogens is 422 g/mol. The molecule has 3 aromatic heterocycles. The molecule has 9 nitrogen and oxygen atoms in total. The van der Waals surface area contributed by atoms with Crippen LogP contribution in [0.15, 0.2) is 40.1 Å². The normalized spacial score (nSPS) is 12.7. The van der Waals surface area contributed by atoms with Crippen molar-refractivity contribution in [3.8, 4) is 22.1 Å². The predicted molar refractivity (Wildman–Crippen MR) is 116 cm³/mol. The maximum atomic E-state index is 6.07. The number of unbranched alkanes of at least 4 members (excludes halogenated alkanes) is 1. The number of ether oxygens (including phenoxy) is 2. The largest absolute Gasteiger partial charge is 0.454 e. The van der Waals surface area contributed by atoms with Crippen LogP contribution in [0.2, 0.25) is 0 Å². The second-order valence-electron chi connectivity index (χ2n) is 6.61. The SMILES string of the molecule is NCCCCn1c(Sc2cc3c(cc2-c2nccs2)OCO3)nc2c(N)ncnc21. The molecule has 0 bridgehead atoms. The van der Waals surface area contributed by atoms with Gasteiger partial charge in [0.25, 0.3) is 0 Å². The molecule has 0 aliphatic carbocycles. The summed E-state index contributed by atoms with van der Waals surface area (Å²) in [5.41, 5.74) is 14.0. The van der Waals surface area contributed by atoms with Crippen LogP contribution >= 0.6 is 23.1 Å². The van der Waals surface area contributed by atoms with E-state index in [1.807, 2.05) is 17.5 Å². The smallest absolute Gasteiger partial charge is 0.231 e. The van der Waals surface area contributed by atoms with Gasteiger partial charge in [0.15, 0.2) is 33.6 Å². The van der Waals surface area contributed by atoms with Gasteiger partial charge < -0.3 is 25.5 Å². The molecule has 0 unspecified atom stereocenters. The van der Waals surface area contributed by atoms with Gasteiger partial charge in [0.2, 0.25) is 6.79 Å². The molecule has 1 aromatic carbocycles. The third kappa shape index (κ3) is 3.44. The third-order valence-electron chi connectivity index (χ3n) is 4.70. The van der Waals surface area contributed by atoms with Crippen molar-refractivity contribution in [3.05, 3.63) is 30.0 Å². The standard InChI is InChI=1S/C19H19N7O2S2/c20-3-1-2-5-26-17-15(16(21)23-9-24-17)25-19(26)30-14-8-13-12(27-10-28-13)7-11(14)18-22-4-6-29-18/h4,6-9H,1-3,5,10,20H2,(H2,21,23,24). The van der Waals surface area contributed by atoms with Crippen molar-refractivity contribution in [1.82, 2.24) is 24.5 Å². The Morgan fingerprint density at radius 2 is 2.00 bits per heavy atom. The lowest BCUT2D eigenvalue weighted by molar-refractivity contribution is 0.174. The predicted octanol–water partition coefficient (Wildman–Crippen LogP) is 3.15. The van der Waals surface area contributed by atoms with Crippen LogP contribution in [0.25, 0.3) is 21.7 Å². The Morgan fingerprint density at radius 1 is 1.13 bits per heavy atom. The first-order chi connectivity index (χ1) is 14.7. The topological polar surface area (TPSA) is 127 Å². The second kappa shape index (κ2) is 8.09.